The second-order valence-electron chi connectivity index (χ2n) is 3.82. The Bertz CT molecular complexity index is 470. The zero-order chi connectivity index (χ0) is 11.4. The molecule has 1 atom stereocenters. The average molecular weight is 216 g/mol. The minimum absolute atomic E-state index is 0.188. The van der Waals surface area contributed by atoms with E-state index >= 15 is 0 Å². The van der Waals surface area contributed by atoms with E-state index in [1.165, 1.54) is 0 Å². The summed E-state index contributed by atoms with van der Waals surface area (Å²) in [6.45, 7) is 2.79. The van der Waals surface area contributed by atoms with Crippen LogP contribution < -0.4 is 5.32 Å². The summed E-state index contributed by atoms with van der Waals surface area (Å²) in [5.74, 6) is 0.891. The van der Waals surface area contributed by atoms with E-state index < -0.39 is 0 Å². The summed E-state index contributed by atoms with van der Waals surface area (Å²) in [5, 5.41) is 4.41. The highest BCUT2D eigenvalue weighted by Gasteiger charge is 2.00. The van der Waals surface area contributed by atoms with Gasteiger partial charge in [0.1, 0.15) is 5.82 Å². The fourth-order valence-electron chi connectivity index (χ4n) is 1.50. The molecule has 2 aromatic rings. The molecule has 2 rings (SSSR count). The molecule has 0 aliphatic heterocycles. The number of benzene rings is 1. The Morgan fingerprint density at radius 3 is 2.88 bits per heavy atom. The zero-order valence-electron chi connectivity index (χ0n) is 9.60. The molecular formula is C13H16N2O. The quantitative estimate of drug-likeness (QED) is 0.853. The van der Waals surface area contributed by atoms with Crippen LogP contribution in [-0.2, 0) is 4.74 Å². The number of methoxy groups -OCH3 is 1. The van der Waals surface area contributed by atoms with Crippen molar-refractivity contribution in [1.82, 2.24) is 4.98 Å². The van der Waals surface area contributed by atoms with Crippen LogP contribution in [0, 0.1) is 0 Å². The van der Waals surface area contributed by atoms with Crippen LogP contribution in [0.4, 0.5) is 5.82 Å². The van der Waals surface area contributed by atoms with E-state index in [0.29, 0.717) is 0 Å². The van der Waals surface area contributed by atoms with Crippen LogP contribution >= 0.6 is 0 Å². The van der Waals surface area contributed by atoms with Gasteiger partial charge in [0.25, 0.3) is 0 Å². The topological polar surface area (TPSA) is 34.1 Å². The molecule has 0 aliphatic carbocycles. The van der Waals surface area contributed by atoms with E-state index in [-0.39, 0.29) is 6.10 Å². The van der Waals surface area contributed by atoms with Crippen molar-refractivity contribution in [2.24, 2.45) is 0 Å². The lowest BCUT2D eigenvalue weighted by molar-refractivity contribution is 0.128. The molecule has 0 saturated heterocycles. The van der Waals surface area contributed by atoms with Gasteiger partial charge in [-0.25, -0.2) is 4.98 Å². The van der Waals surface area contributed by atoms with Crippen LogP contribution in [0.2, 0.25) is 0 Å². The Hall–Kier alpha value is -1.61. The first-order valence-electron chi connectivity index (χ1n) is 5.42. The van der Waals surface area contributed by atoms with Crippen molar-refractivity contribution in [2.75, 3.05) is 19.0 Å². The Morgan fingerprint density at radius 2 is 2.06 bits per heavy atom. The Balaban J connectivity index is 2.13. The Morgan fingerprint density at radius 1 is 1.25 bits per heavy atom. The third-order valence-corrected chi connectivity index (χ3v) is 2.57. The predicted octanol–water partition coefficient (Wildman–Crippen LogP) is 2.68. The van der Waals surface area contributed by atoms with Crippen LogP contribution in [0.1, 0.15) is 6.92 Å². The van der Waals surface area contributed by atoms with Gasteiger partial charge in [-0.2, -0.15) is 0 Å². The highest BCUT2D eigenvalue weighted by atomic mass is 16.5. The van der Waals surface area contributed by atoms with Gasteiger partial charge in [0.2, 0.25) is 0 Å². The van der Waals surface area contributed by atoms with Crippen LogP contribution in [-0.4, -0.2) is 24.7 Å². The fourth-order valence-corrected chi connectivity index (χ4v) is 1.50. The van der Waals surface area contributed by atoms with Crippen molar-refractivity contribution in [2.45, 2.75) is 13.0 Å². The molecule has 1 heterocycles. The summed E-state index contributed by atoms with van der Waals surface area (Å²) in [5.41, 5.74) is 1.01. The maximum absolute atomic E-state index is 5.17. The number of aromatic nitrogens is 1. The number of para-hydroxylation sites is 1. The zero-order valence-corrected chi connectivity index (χ0v) is 9.60. The molecule has 0 amide bonds. The lowest BCUT2D eigenvalue weighted by Gasteiger charge is -2.11. The Kier molecular flexibility index (Phi) is 3.37. The summed E-state index contributed by atoms with van der Waals surface area (Å²) in [6.07, 6.45) is 0.188. The predicted molar refractivity (Wildman–Crippen MR) is 66.7 cm³/mol. The van der Waals surface area contributed by atoms with Gasteiger partial charge in [-0.15, -0.1) is 0 Å². The van der Waals surface area contributed by atoms with Gasteiger partial charge in [-0.3, -0.25) is 0 Å². The highest BCUT2D eigenvalue weighted by Crippen LogP contribution is 2.14. The van der Waals surface area contributed by atoms with Gasteiger partial charge in [-0.05, 0) is 25.1 Å². The number of pyridine rings is 1. The molecule has 1 N–H and O–H groups in total. The van der Waals surface area contributed by atoms with Crippen LogP contribution in [0.25, 0.3) is 10.9 Å². The van der Waals surface area contributed by atoms with Crippen molar-refractivity contribution in [1.29, 1.82) is 0 Å². The fraction of sp³-hybridized carbons (Fsp3) is 0.308. The van der Waals surface area contributed by atoms with Crippen molar-refractivity contribution in [3.8, 4) is 0 Å². The van der Waals surface area contributed by atoms with Crippen molar-refractivity contribution in [3.05, 3.63) is 36.4 Å². The summed E-state index contributed by atoms with van der Waals surface area (Å²) in [7, 11) is 1.71. The second kappa shape index (κ2) is 4.94. The first kappa shape index (κ1) is 10.9. The third kappa shape index (κ3) is 2.49. The number of fused-ring (bicyclic) bond motifs is 1. The van der Waals surface area contributed by atoms with Gasteiger partial charge in [-0.1, -0.05) is 18.2 Å². The van der Waals surface area contributed by atoms with E-state index in [1.807, 2.05) is 31.2 Å². The summed E-state index contributed by atoms with van der Waals surface area (Å²) >= 11 is 0. The molecular weight excluding hydrogens is 200 g/mol. The minimum atomic E-state index is 0.188. The molecule has 1 aromatic carbocycles. The first-order chi connectivity index (χ1) is 7.79. The monoisotopic (exact) mass is 216 g/mol. The van der Waals surface area contributed by atoms with E-state index in [4.69, 9.17) is 4.74 Å². The second-order valence-corrected chi connectivity index (χ2v) is 3.82. The maximum Gasteiger partial charge on any atom is 0.126 e. The third-order valence-electron chi connectivity index (χ3n) is 2.57. The van der Waals surface area contributed by atoms with Gasteiger partial charge in [0, 0.05) is 19.0 Å². The standard InChI is InChI=1S/C13H16N2O/c1-10(16-2)9-14-13-8-7-11-5-3-4-6-12(11)15-13/h3-8,10H,9H2,1-2H3,(H,14,15). The van der Waals surface area contributed by atoms with E-state index in [9.17, 15) is 0 Å². The van der Waals surface area contributed by atoms with Crippen molar-refractivity contribution < 1.29 is 4.74 Å². The Labute approximate surface area is 95.5 Å². The van der Waals surface area contributed by atoms with E-state index in [1.54, 1.807) is 7.11 Å². The van der Waals surface area contributed by atoms with Crippen LogP contribution in [0.5, 0.6) is 0 Å². The van der Waals surface area contributed by atoms with Crippen LogP contribution in [0.3, 0.4) is 0 Å². The number of hydrogen-bond donors (Lipinski definition) is 1. The molecule has 0 saturated carbocycles. The van der Waals surface area contributed by atoms with Crippen molar-refractivity contribution in [3.63, 3.8) is 0 Å². The molecule has 0 aliphatic rings. The molecule has 16 heavy (non-hydrogen) atoms. The van der Waals surface area contributed by atoms with E-state index in [0.717, 1.165) is 23.3 Å². The summed E-state index contributed by atoms with van der Waals surface area (Å²) in [4.78, 5) is 4.51. The number of rotatable bonds is 4. The van der Waals surface area contributed by atoms with Gasteiger partial charge in [0.15, 0.2) is 0 Å². The SMILES string of the molecule is COC(C)CNc1ccc2ccccc2n1. The molecule has 84 valence electrons. The molecule has 0 bridgehead atoms. The lowest BCUT2D eigenvalue weighted by atomic mass is 10.2. The normalized spacial score (nSPS) is 12.6. The van der Waals surface area contributed by atoms with Gasteiger partial charge in [0.05, 0.1) is 11.6 Å². The molecule has 1 unspecified atom stereocenters. The largest absolute Gasteiger partial charge is 0.380 e. The summed E-state index contributed by atoms with van der Waals surface area (Å²) < 4.78 is 5.17. The lowest BCUT2D eigenvalue weighted by Crippen LogP contribution is -2.18. The number of ether oxygens (including phenoxy) is 1. The average Bonchev–Trinajstić information content (AvgIpc) is 2.35. The highest BCUT2D eigenvalue weighted by molar-refractivity contribution is 5.79. The van der Waals surface area contributed by atoms with Gasteiger partial charge < -0.3 is 10.1 Å². The van der Waals surface area contributed by atoms with E-state index in [2.05, 4.69) is 22.4 Å². The first-order valence-corrected chi connectivity index (χ1v) is 5.42. The molecule has 0 spiro atoms. The maximum atomic E-state index is 5.17. The van der Waals surface area contributed by atoms with Crippen molar-refractivity contribution >= 4 is 16.7 Å². The molecule has 1 aromatic heterocycles. The number of nitrogens with zero attached hydrogens (tertiary/aromatic N) is 1. The minimum Gasteiger partial charge on any atom is -0.380 e. The molecule has 3 heteroatoms. The van der Waals surface area contributed by atoms with Gasteiger partial charge >= 0.3 is 0 Å². The molecule has 0 radical (unpaired) electrons. The van der Waals surface area contributed by atoms with Crippen LogP contribution in [0.15, 0.2) is 36.4 Å². The number of nitrogens with one attached hydrogen (secondary N) is 1. The molecule has 0 fully saturated rings. The summed E-state index contributed by atoms with van der Waals surface area (Å²) in [6, 6.07) is 12.2. The number of hydrogen-bond acceptors (Lipinski definition) is 3. The number of anilines is 1. The molecule has 3 nitrogen and oxygen atoms in total. The smallest absolute Gasteiger partial charge is 0.126 e.